The van der Waals surface area contributed by atoms with Gasteiger partial charge in [0.15, 0.2) is 6.29 Å². The van der Waals surface area contributed by atoms with E-state index in [1.807, 2.05) is 12.1 Å². The molecule has 0 saturated carbocycles. The van der Waals surface area contributed by atoms with Gasteiger partial charge < -0.3 is 4.90 Å². The van der Waals surface area contributed by atoms with Crippen LogP contribution in [0.3, 0.4) is 0 Å². The van der Waals surface area contributed by atoms with E-state index >= 15 is 0 Å². The zero-order valence-electron chi connectivity index (χ0n) is 14.0. The molecular formula is C17H24N4O. The fraction of sp³-hybridized carbons (Fsp3) is 0.471. The molecule has 2 aromatic rings. The summed E-state index contributed by atoms with van der Waals surface area (Å²) in [4.78, 5) is 13.5. The van der Waals surface area contributed by atoms with E-state index in [1.54, 1.807) is 4.68 Å². The fourth-order valence-corrected chi connectivity index (χ4v) is 2.65. The Kier molecular flexibility index (Phi) is 4.64. The Morgan fingerprint density at radius 1 is 1.14 bits per heavy atom. The molecule has 0 aliphatic carbocycles. The predicted molar refractivity (Wildman–Crippen MR) is 89.0 cm³/mol. The summed E-state index contributed by atoms with van der Waals surface area (Å²) in [6.45, 7) is 12.4. The number of aromatic nitrogens is 3. The summed E-state index contributed by atoms with van der Waals surface area (Å²) in [5.74, 6) is 0. The van der Waals surface area contributed by atoms with E-state index in [9.17, 15) is 4.79 Å². The van der Waals surface area contributed by atoms with Crippen LogP contribution in [-0.2, 0) is 5.41 Å². The van der Waals surface area contributed by atoms with Crippen LogP contribution in [-0.4, -0.2) is 34.4 Å². The second kappa shape index (κ2) is 6.30. The summed E-state index contributed by atoms with van der Waals surface area (Å²) in [6.07, 6.45) is 0.772. The molecule has 0 bridgehead atoms. The van der Waals surface area contributed by atoms with Gasteiger partial charge in [0.2, 0.25) is 0 Å². The highest BCUT2D eigenvalue weighted by Gasteiger charge is 2.25. The third-order valence-corrected chi connectivity index (χ3v) is 3.74. The first kappa shape index (κ1) is 16.2. The van der Waals surface area contributed by atoms with Gasteiger partial charge in [-0.15, -0.1) is 5.10 Å². The maximum absolute atomic E-state index is 11.2. The van der Waals surface area contributed by atoms with Crippen molar-refractivity contribution in [1.29, 1.82) is 0 Å². The summed E-state index contributed by atoms with van der Waals surface area (Å²) < 4.78 is 1.76. The first-order chi connectivity index (χ1) is 10.4. The first-order valence-electron chi connectivity index (χ1n) is 7.69. The molecule has 0 amide bonds. The van der Waals surface area contributed by atoms with Gasteiger partial charge in [0.1, 0.15) is 5.69 Å². The molecule has 5 nitrogen and oxygen atoms in total. The number of benzene rings is 1. The van der Waals surface area contributed by atoms with Crippen molar-refractivity contribution >= 4 is 12.0 Å². The molecule has 0 atom stereocenters. The summed E-state index contributed by atoms with van der Waals surface area (Å²) >= 11 is 0. The standard InChI is InChI=1S/C17H24N4O/c1-6-20(7-2)13-8-10-14(11-9-13)21-16(17(3,4)5)15(12-22)18-19-21/h8-12H,6-7H2,1-5H3. The quantitative estimate of drug-likeness (QED) is 0.796. The predicted octanol–water partition coefficient (Wildman–Crippen LogP) is 3.22. The van der Waals surface area contributed by atoms with Crippen molar-refractivity contribution in [2.75, 3.05) is 18.0 Å². The third-order valence-electron chi connectivity index (χ3n) is 3.74. The van der Waals surface area contributed by atoms with Crippen LogP contribution in [0.15, 0.2) is 24.3 Å². The average Bonchev–Trinajstić information content (AvgIpc) is 2.93. The van der Waals surface area contributed by atoms with Crippen molar-refractivity contribution in [3.8, 4) is 5.69 Å². The van der Waals surface area contributed by atoms with Crippen molar-refractivity contribution < 1.29 is 4.79 Å². The van der Waals surface area contributed by atoms with E-state index < -0.39 is 0 Å². The molecule has 0 radical (unpaired) electrons. The molecule has 2 rings (SSSR count). The van der Waals surface area contributed by atoms with Gasteiger partial charge in [0.25, 0.3) is 0 Å². The van der Waals surface area contributed by atoms with Crippen LogP contribution in [0.4, 0.5) is 5.69 Å². The molecule has 0 aliphatic heterocycles. The van der Waals surface area contributed by atoms with Crippen LogP contribution >= 0.6 is 0 Å². The van der Waals surface area contributed by atoms with Crippen LogP contribution in [0, 0.1) is 0 Å². The van der Waals surface area contributed by atoms with Gasteiger partial charge in [-0.05, 0) is 38.1 Å². The third kappa shape index (κ3) is 3.03. The van der Waals surface area contributed by atoms with Crippen molar-refractivity contribution in [2.24, 2.45) is 0 Å². The lowest BCUT2D eigenvalue weighted by atomic mass is 9.90. The summed E-state index contributed by atoms with van der Waals surface area (Å²) in [5.41, 5.74) is 3.12. The number of hydrogen-bond donors (Lipinski definition) is 0. The Hall–Kier alpha value is -2.17. The van der Waals surface area contributed by atoms with E-state index in [2.05, 4.69) is 62.0 Å². The lowest BCUT2D eigenvalue weighted by Crippen LogP contribution is -2.22. The zero-order valence-corrected chi connectivity index (χ0v) is 14.0. The Morgan fingerprint density at radius 2 is 1.73 bits per heavy atom. The topological polar surface area (TPSA) is 51.0 Å². The molecule has 0 saturated heterocycles. The Morgan fingerprint density at radius 3 is 2.18 bits per heavy atom. The number of carbonyl (C=O) groups is 1. The minimum absolute atomic E-state index is 0.211. The molecule has 5 heteroatoms. The van der Waals surface area contributed by atoms with Gasteiger partial charge in [-0.1, -0.05) is 26.0 Å². The second-order valence-electron chi connectivity index (χ2n) is 6.29. The molecular weight excluding hydrogens is 276 g/mol. The van der Waals surface area contributed by atoms with Gasteiger partial charge >= 0.3 is 0 Å². The fourth-order valence-electron chi connectivity index (χ4n) is 2.65. The molecule has 22 heavy (non-hydrogen) atoms. The number of anilines is 1. The van der Waals surface area contributed by atoms with E-state index in [1.165, 1.54) is 5.69 Å². The van der Waals surface area contributed by atoms with Crippen molar-refractivity contribution in [2.45, 2.75) is 40.0 Å². The van der Waals surface area contributed by atoms with Gasteiger partial charge in [-0.3, -0.25) is 4.79 Å². The van der Waals surface area contributed by atoms with Gasteiger partial charge in [0, 0.05) is 24.2 Å². The number of rotatable bonds is 5. The molecule has 1 aromatic carbocycles. The molecule has 118 valence electrons. The Labute approximate surface area is 131 Å². The van der Waals surface area contributed by atoms with Crippen LogP contribution in [0.2, 0.25) is 0 Å². The largest absolute Gasteiger partial charge is 0.372 e. The molecule has 0 N–H and O–H groups in total. The van der Waals surface area contributed by atoms with Crippen LogP contribution < -0.4 is 4.90 Å². The van der Waals surface area contributed by atoms with E-state index in [4.69, 9.17) is 0 Å². The summed E-state index contributed by atoms with van der Waals surface area (Å²) in [5, 5.41) is 8.16. The molecule has 1 aromatic heterocycles. The normalized spacial score (nSPS) is 11.5. The van der Waals surface area contributed by atoms with Crippen molar-refractivity contribution in [3.63, 3.8) is 0 Å². The lowest BCUT2D eigenvalue weighted by molar-refractivity contribution is 0.111. The number of aldehydes is 1. The molecule has 0 unspecified atom stereocenters. The van der Waals surface area contributed by atoms with Crippen molar-refractivity contribution in [1.82, 2.24) is 15.0 Å². The Bertz CT molecular complexity index is 634. The number of nitrogens with zero attached hydrogens (tertiary/aromatic N) is 4. The molecule has 0 aliphatic rings. The lowest BCUT2D eigenvalue weighted by Gasteiger charge is -2.22. The SMILES string of the molecule is CCN(CC)c1ccc(-n2nnc(C=O)c2C(C)(C)C)cc1. The van der Waals surface area contributed by atoms with Crippen molar-refractivity contribution in [3.05, 3.63) is 35.7 Å². The number of hydrogen-bond acceptors (Lipinski definition) is 4. The van der Waals surface area contributed by atoms with Gasteiger partial charge in [-0.2, -0.15) is 0 Å². The van der Waals surface area contributed by atoms with E-state index in [0.29, 0.717) is 5.69 Å². The van der Waals surface area contributed by atoms with Gasteiger partial charge in [-0.25, -0.2) is 4.68 Å². The maximum Gasteiger partial charge on any atom is 0.172 e. The van der Waals surface area contributed by atoms with E-state index in [-0.39, 0.29) is 5.41 Å². The Balaban J connectivity index is 2.45. The van der Waals surface area contributed by atoms with Crippen LogP contribution in [0.5, 0.6) is 0 Å². The minimum Gasteiger partial charge on any atom is -0.372 e. The second-order valence-corrected chi connectivity index (χ2v) is 6.29. The van der Waals surface area contributed by atoms with Gasteiger partial charge in [0.05, 0.1) is 11.4 Å². The van der Waals surface area contributed by atoms with Crippen LogP contribution in [0.1, 0.15) is 50.8 Å². The van der Waals surface area contributed by atoms with E-state index in [0.717, 1.165) is 30.8 Å². The highest BCUT2D eigenvalue weighted by atomic mass is 16.1. The highest BCUT2D eigenvalue weighted by molar-refractivity contribution is 5.74. The number of carbonyl (C=O) groups excluding carboxylic acids is 1. The average molecular weight is 300 g/mol. The zero-order chi connectivity index (χ0) is 16.3. The smallest absolute Gasteiger partial charge is 0.172 e. The van der Waals surface area contributed by atoms with Crippen LogP contribution in [0.25, 0.3) is 5.69 Å². The minimum atomic E-state index is -0.211. The maximum atomic E-state index is 11.2. The molecule has 0 fully saturated rings. The summed E-state index contributed by atoms with van der Waals surface area (Å²) in [6, 6.07) is 8.20. The first-order valence-corrected chi connectivity index (χ1v) is 7.69. The summed E-state index contributed by atoms with van der Waals surface area (Å²) in [7, 11) is 0. The molecule has 0 spiro atoms. The molecule has 1 heterocycles. The monoisotopic (exact) mass is 300 g/mol. The highest BCUT2D eigenvalue weighted by Crippen LogP contribution is 2.27.